The highest BCUT2D eigenvalue weighted by molar-refractivity contribution is 5.85. The molecule has 1 N–H and O–H groups in total. The van der Waals surface area contributed by atoms with Crippen molar-refractivity contribution in [3.05, 3.63) is 23.9 Å². The number of ether oxygens (including phenoxy) is 1. The lowest BCUT2D eigenvalue weighted by Crippen LogP contribution is -2.25. The first-order chi connectivity index (χ1) is 9.06. The largest absolute Gasteiger partial charge is 0.477 e. The summed E-state index contributed by atoms with van der Waals surface area (Å²) in [5, 5.41) is 8.94. The minimum atomic E-state index is -0.992. The van der Waals surface area contributed by atoms with Gasteiger partial charge in [0.05, 0.1) is 6.10 Å². The molecule has 104 valence electrons. The summed E-state index contributed by atoms with van der Waals surface area (Å²) in [5.74, 6) is 0.256. The van der Waals surface area contributed by atoms with E-state index < -0.39 is 5.97 Å². The Balaban J connectivity index is 1.96. The van der Waals surface area contributed by atoms with Gasteiger partial charge in [0.15, 0.2) is 5.69 Å². The van der Waals surface area contributed by atoms with Gasteiger partial charge in [-0.2, -0.15) is 0 Å². The first-order valence-electron chi connectivity index (χ1n) is 6.63. The molecule has 1 atom stereocenters. The van der Waals surface area contributed by atoms with Crippen LogP contribution in [0.25, 0.3) is 0 Å². The van der Waals surface area contributed by atoms with E-state index in [0.717, 1.165) is 31.9 Å². The van der Waals surface area contributed by atoms with E-state index in [1.807, 2.05) is 6.07 Å². The molecule has 0 aromatic carbocycles. The van der Waals surface area contributed by atoms with E-state index in [1.165, 1.54) is 6.07 Å². The molecule has 19 heavy (non-hydrogen) atoms. The molecule has 1 aliphatic heterocycles. The van der Waals surface area contributed by atoms with Crippen LogP contribution in [0.5, 0.6) is 0 Å². The van der Waals surface area contributed by atoms with Crippen molar-refractivity contribution in [2.75, 3.05) is 24.6 Å². The maximum absolute atomic E-state index is 10.9. The van der Waals surface area contributed by atoms with Crippen LogP contribution in [-0.2, 0) is 4.74 Å². The molecular formula is C14H20N2O3. The van der Waals surface area contributed by atoms with Crippen LogP contribution >= 0.6 is 0 Å². The Morgan fingerprint density at radius 3 is 3.05 bits per heavy atom. The van der Waals surface area contributed by atoms with E-state index in [4.69, 9.17) is 9.84 Å². The number of aromatic nitrogens is 1. The van der Waals surface area contributed by atoms with Crippen LogP contribution in [0.15, 0.2) is 18.2 Å². The van der Waals surface area contributed by atoms with Crippen molar-refractivity contribution in [2.24, 2.45) is 5.92 Å². The minimum absolute atomic E-state index is 0.0871. The maximum atomic E-state index is 10.9. The molecule has 0 bridgehead atoms. The Morgan fingerprint density at radius 2 is 2.37 bits per heavy atom. The quantitative estimate of drug-likeness (QED) is 0.881. The molecule has 5 nitrogen and oxygen atoms in total. The van der Waals surface area contributed by atoms with Gasteiger partial charge in [-0.25, -0.2) is 9.78 Å². The summed E-state index contributed by atoms with van der Waals surface area (Å²) < 4.78 is 5.81. The predicted octanol–water partition coefficient (Wildman–Crippen LogP) is 2.03. The molecule has 1 aromatic rings. The van der Waals surface area contributed by atoms with Gasteiger partial charge in [-0.05, 0) is 24.5 Å². The average Bonchev–Trinajstić information content (AvgIpc) is 2.85. The molecule has 1 aliphatic rings. The highest BCUT2D eigenvalue weighted by Crippen LogP contribution is 2.20. The van der Waals surface area contributed by atoms with Crippen LogP contribution in [-0.4, -0.2) is 41.9 Å². The van der Waals surface area contributed by atoms with Crippen molar-refractivity contribution < 1.29 is 14.6 Å². The van der Waals surface area contributed by atoms with E-state index in [-0.39, 0.29) is 11.8 Å². The Hall–Kier alpha value is -1.62. The monoisotopic (exact) mass is 264 g/mol. The van der Waals surface area contributed by atoms with E-state index in [2.05, 4.69) is 23.7 Å². The van der Waals surface area contributed by atoms with E-state index in [9.17, 15) is 4.79 Å². The van der Waals surface area contributed by atoms with Gasteiger partial charge in [-0.15, -0.1) is 0 Å². The number of hydrogen-bond acceptors (Lipinski definition) is 4. The molecule has 0 saturated carbocycles. The third-order valence-corrected chi connectivity index (χ3v) is 3.09. The van der Waals surface area contributed by atoms with Crippen LogP contribution in [0.3, 0.4) is 0 Å². The normalized spacial score (nSPS) is 19.1. The molecule has 2 rings (SSSR count). The fourth-order valence-corrected chi connectivity index (χ4v) is 2.12. The smallest absolute Gasteiger partial charge is 0.354 e. The number of carboxylic acid groups (broad SMARTS) is 1. The molecule has 0 aliphatic carbocycles. The van der Waals surface area contributed by atoms with Crippen LogP contribution in [0.4, 0.5) is 5.82 Å². The highest BCUT2D eigenvalue weighted by atomic mass is 16.5. The molecule has 1 saturated heterocycles. The van der Waals surface area contributed by atoms with Crippen LogP contribution in [0, 0.1) is 5.92 Å². The third kappa shape index (κ3) is 3.67. The Labute approximate surface area is 113 Å². The maximum Gasteiger partial charge on any atom is 0.354 e. The van der Waals surface area contributed by atoms with Crippen molar-refractivity contribution in [1.82, 2.24) is 4.98 Å². The number of aromatic carboxylic acids is 1. The summed E-state index contributed by atoms with van der Waals surface area (Å²) >= 11 is 0. The molecule has 1 unspecified atom stereocenters. The second-order valence-corrected chi connectivity index (χ2v) is 5.27. The number of pyridine rings is 1. The molecule has 1 aromatic heterocycles. The number of rotatable bonds is 5. The molecule has 0 spiro atoms. The van der Waals surface area contributed by atoms with E-state index in [1.54, 1.807) is 6.07 Å². The molecule has 0 amide bonds. The van der Waals surface area contributed by atoms with E-state index in [0.29, 0.717) is 5.92 Å². The summed E-state index contributed by atoms with van der Waals surface area (Å²) in [4.78, 5) is 17.1. The third-order valence-electron chi connectivity index (χ3n) is 3.09. The van der Waals surface area contributed by atoms with Crippen molar-refractivity contribution >= 4 is 11.8 Å². The van der Waals surface area contributed by atoms with Gasteiger partial charge >= 0.3 is 5.97 Å². The number of anilines is 1. The molecule has 5 heteroatoms. The lowest BCUT2D eigenvalue weighted by molar-refractivity contribution is 0.0497. The molecule has 1 fully saturated rings. The van der Waals surface area contributed by atoms with Crippen LogP contribution in [0.1, 0.15) is 30.8 Å². The van der Waals surface area contributed by atoms with Crippen molar-refractivity contribution in [3.63, 3.8) is 0 Å². The topological polar surface area (TPSA) is 62.7 Å². The van der Waals surface area contributed by atoms with Gasteiger partial charge < -0.3 is 14.7 Å². The highest BCUT2D eigenvalue weighted by Gasteiger charge is 2.24. The summed E-state index contributed by atoms with van der Waals surface area (Å²) in [5.41, 5.74) is 0.0871. The number of carbonyl (C=O) groups is 1. The van der Waals surface area contributed by atoms with Crippen molar-refractivity contribution in [2.45, 2.75) is 26.4 Å². The zero-order valence-corrected chi connectivity index (χ0v) is 11.4. The fourth-order valence-electron chi connectivity index (χ4n) is 2.12. The summed E-state index contributed by atoms with van der Waals surface area (Å²) in [6, 6.07) is 5.08. The summed E-state index contributed by atoms with van der Waals surface area (Å²) in [6.07, 6.45) is 1.18. The lowest BCUT2D eigenvalue weighted by atomic mass is 10.2. The standard InChI is InChI=1S/C14H20N2O3/c1-10(2)9-19-11-6-7-16(8-11)13-5-3-4-12(15-13)14(17)18/h3-5,10-11H,6-9H2,1-2H3,(H,17,18). The second kappa shape index (κ2) is 6.02. The fraction of sp³-hybridized carbons (Fsp3) is 0.571. The van der Waals surface area contributed by atoms with E-state index >= 15 is 0 Å². The average molecular weight is 264 g/mol. The van der Waals surface area contributed by atoms with Gasteiger partial charge in [0.2, 0.25) is 0 Å². The van der Waals surface area contributed by atoms with Crippen molar-refractivity contribution in [1.29, 1.82) is 0 Å². The van der Waals surface area contributed by atoms with Gasteiger partial charge in [0.25, 0.3) is 0 Å². The Morgan fingerprint density at radius 1 is 1.58 bits per heavy atom. The lowest BCUT2D eigenvalue weighted by Gasteiger charge is -2.18. The molecule has 0 radical (unpaired) electrons. The summed E-state index contributed by atoms with van der Waals surface area (Å²) in [7, 11) is 0. The number of carboxylic acids is 1. The number of nitrogens with zero attached hydrogens (tertiary/aromatic N) is 2. The van der Waals surface area contributed by atoms with Gasteiger partial charge in [-0.3, -0.25) is 0 Å². The molecular weight excluding hydrogens is 244 g/mol. The Bertz CT molecular complexity index is 448. The molecule has 2 heterocycles. The summed E-state index contributed by atoms with van der Waals surface area (Å²) in [6.45, 7) is 6.66. The first kappa shape index (κ1) is 13.8. The van der Waals surface area contributed by atoms with Gasteiger partial charge in [0, 0.05) is 19.7 Å². The van der Waals surface area contributed by atoms with Gasteiger partial charge in [0.1, 0.15) is 5.82 Å². The Kier molecular flexibility index (Phi) is 4.37. The SMILES string of the molecule is CC(C)COC1CCN(c2cccc(C(=O)O)n2)C1. The number of hydrogen-bond donors (Lipinski definition) is 1. The zero-order valence-electron chi connectivity index (χ0n) is 11.4. The first-order valence-corrected chi connectivity index (χ1v) is 6.63. The van der Waals surface area contributed by atoms with Crippen LogP contribution in [0.2, 0.25) is 0 Å². The second-order valence-electron chi connectivity index (χ2n) is 5.27. The van der Waals surface area contributed by atoms with Crippen molar-refractivity contribution in [3.8, 4) is 0 Å². The van der Waals surface area contributed by atoms with Crippen LogP contribution < -0.4 is 4.90 Å². The predicted molar refractivity (Wildman–Crippen MR) is 72.6 cm³/mol. The zero-order chi connectivity index (χ0) is 13.8. The minimum Gasteiger partial charge on any atom is -0.477 e. The van der Waals surface area contributed by atoms with Gasteiger partial charge in [-0.1, -0.05) is 19.9 Å².